The number of nitrogens with one attached hydrogen (secondary N) is 1. The Morgan fingerprint density at radius 1 is 1.32 bits per heavy atom. The number of carbonyl (C=O) groups excluding carboxylic acids is 1. The standard InChI is InChI=1S/C18H25FN2O/c1-18(2,13-5-3-4-6-14(13)19)10-21-17(22)15-11-7-8-12(9-11)16(15)20/h3-6,11-12,15-16H,7-10,20H2,1-2H3,(H,21,22). The molecule has 0 radical (unpaired) electrons. The van der Waals surface area contributed by atoms with Crippen LogP contribution in [0, 0.1) is 23.6 Å². The maximum Gasteiger partial charge on any atom is 0.224 e. The summed E-state index contributed by atoms with van der Waals surface area (Å²) in [5.74, 6) is 0.717. The van der Waals surface area contributed by atoms with Crippen LogP contribution in [0.3, 0.4) is 0 Å². The number of carbonyl (C=O) groups is 1. The minimum atomic E-state index is -0.442. The third-order valence-electron chi connectivity index (χ3n) is 5.59. The highest BCUT2D eigenvalue weighted by Crippen LogP contribution is 2.47. The van der Waals surface area contributed by atoms with Crippen LogP contribution in [0.15, 0.2) is 24.3 Å². The molecule has 0 heterocycles. The van der Waals surface area contributed by atoms with Crippen LogP contribution >= 0.6 is 0 Å². The Kier molecular flexibility index (Phi) is 3.98. The zero-order chi connectivity index (χ0) is 15.9. The normalized spacial score (nSPS) is 30.5. The third kappa shape index (κ3) is 2.65. The van der Waals surface area contributed by atoms with Gasteiger partial charge in [-0.25, -0.2) is 4.39 Å². The van der Waals surface area contributed by atoms with Gasteiger partial charge >= 0.3 is 0 Å². The Morgan fingerprint density at radius 3 is 2.64 bits per heavy atom. The molecule has 120 valence electrons. The summed E-state index contributed by atoms with van der Waals surface area (Å²) in [6, 6.07) is 6.75. The Hall–Kier alpha value is -1.42. The molecule has 4 heteroatoms. The molecule has 4 unspecified atom stereocenters. The molecule has 2 bridgehead atoms. The highest BCUT2D eigenvalue weighted by molar-refractivity contribution is 5.80. The third-order valence-corrected chi connectivity index (χ3v) is 5.59. The number of rotatable bonds is 4. The van der Waals surface area contributed by atoms with Crippen molar-refractivity contribution in [1.82, 2.24) is 5.32 Å². The first-order valence-corrected chi connectivity index (χ1v) is 8.18. The second-order valence-electron chi connectivity index (χ2n) is 7.52. The van der Waals surface area contributed by atoms with Gasteiger partial charge in [0.25, 0.3) is 0 Å². The number of nitrogens with two attached hydrogens (primary N) is 1. The molecule has 1 aromatic carbocycles. The molecule has 2 aliphatic carbocycles. The van der Waals surface area contributed by atoms with Crippen molar-refractivity contribution in [2.24, 2.45) is 23.5 Å². The molecule has 0 saturated heterocycles. The average molecular weight is 304 g/mol. The van der Waals surface area contributed by atoms with Crippen LogP contribution in [0.5, 0.6) is 0 Å². The maximum atomic E-state index is 14.0. The molecule has 4 atom stereocenters. The summed E-state index contributed by atoms with van der Waals surface area (Å²) in [7, 11) is 0. The second kappa shape index (κ2) is 5.65. The lowest BCUT2D eigenvalue weighted by Crippen LogP contribution is -2.47. The SMILES string of the molecule is CC(C)(CNC(=O)C1C2CCC(C2)C1N)c1ccccc1F. The van der Waals surface area contributed by atoms with Gasteiger partial charge in [0.05, 0.1) is 5.92 Å². The minimum absolute atomic E-state index is 0.00433. The van der Waals surface area contributed by atoms with Crippen LogP contribution in [0.2, 0.25) is 0 Å². The zero-order valence-corrected chi connectivity index (χ0v) is 13.3. The van der Waals surface area contributed by atoms with Crippen molar-refractivity contribution in [3.8, 4) is 0 Å². The van der Waals surface area contributed by atoms with Gasteiger partial charge in [-0.3, -0.25) is 4.79 Å². The van der Waals surface area contributed by atoms with Gasteiger partial charge < -0.3 is 11.1 Å². The van der Waals surface area contributed by atoms with Crippen LogP contribution in [-0.2, 0) is 10.2 Å². The van der Waals surface area contributed by atoms with E-state index < -0.39 is 5.41 Å². The van der Waals surface area contributed by atoms with E-state index in [2.05, 4.69) is 5.32 Å². The van der Waals surface area contributed by atoms with Gasteiger partial charge in [0.15, 0.2) is 0 Å². The summed E-state index contributed by atoms with van der Waals surface area (Å²) < 4.78 is 14.0. The molecule has 1 amide bonds. The monoisotopic (exact) mass is 304 g/mol. The average Bonchev–Trinajstić information content (AvgIpc) is 3.06. The molecule has 0 aliphatic heterocycles. The highest BCUT2D eigenvalue weighted by Gasteiger charge is 2.49. The van der Waals surface area contributed by atoms with Crippen molar-refractivity contribution in [3.63, 3.8) is 0 Å². The number of hydrogen-bond acceptors (Lipinski definition) is 2. The molecule has 3 N–H and O–H groups in total. The van der Waals surface area contributed by atoms with E-state index in [9.17, 15) is 9.18 Å². The highest BCUT2D eigenvalue weighted by atomic mass is 19.1. The zero-order valence-electron chi connectivity index (χ0n) is 13.3. The molecule has 22 heavy (non-hydrogen) atoms. The number of fused-ring (bicyclic) bond motifs is 2. The van der Waals surface area contributed by atoms with E-state index in [1.54, 1.807) is 12.1 Å². The van der Waals surface area contributed by atoms with E-state index in [1.807, 2.05) is 19.9 Å². The summed E-state index contributed by atoms with van der Waals surface area (Å²) >= 11 is 0. The van der Waals surface area contributed by atoms with Gasteiger partial charge in [-0.2, -0.15) is 0 Å². The van der Waals surface area contributed by atoms with Crippen LogP contribution in [0.1, 0.15) is 38.7 Å². The van der Waals surface area contributed by atoms with E-state index in [0.29, 0.717) is 23.9 Å². The smallest absolute Gasteiger partial charge is 0.224 e. The molecule has 2 aliphatic rings. The Labute approximate surface area is 131 Å². The van der Waals surface area contributed by atoms with E-state index in [0.717, 1.165) is 19.3 Å². The lowest BCUT2D eigenvalue weighted by Gasteiger charge is -2.30. The van der Waals surface area contributed by atoms with Crippen molar-refractivity contribution < 1.29 is 9.18 Å². The van der Waals surface area contributed by atoms with Gasteiger partial charge in [0, 0.05) is 18.0 Å². The summed E-state index contributed by atoms with van der Waals surface area (Å²) in [6.07, 6.45) is 3.37. The molecule has 1 aromatic rings. The second-order valence-corrected chi connectivity index (χ2v) is 7.52. The molecule has 2 saturated carbocycles. The van der Waals surface area contributed by atoms with Gasteiger partial charge in [-0.1, -0.05) is 32.0 Å². The largest absolute Gasteiger partial charge is 0.355 e. The molecular weight excluding hydrogens is 279 g/mol. The van der Waals surface area contributed by atoms with E-state index >= 15 is 0 Å². The fourth-order valence-electron chi connectivity index (χ4n) is 4.26. The van der Waals surface area contributed by atoms with Crippen molar-refractivity contribution in [3.05, 3.63) is 35.6 Å². The van der Waals surface area contributed by atoms with Crippen molar-refractivity contribution in [2.45, 2.75) is 44.6 Å². The first-order valence-electron chi connectivity index (χ1n) is 8.18. The summed E-state index contributed by atoms with van der Waals surface area (Å²) in [5, 5.41) is 3.02. The molecular formula is C18H25FN2O. The first kappa shape index (κ1) is 15.5. The van der Waals surface area contributed by atoms with E-state index in [1.165, 1.54) is 6.07 Å². The molecule has 0 spiro atoms. The lowest BCUT2D eigenvalue weighted by molar-refractivity contribution is -0.127. The number of hydrogen-bond donors (Lipinski definition) is 2. The Bertz CT molecular complexity index is 570. The fourth-order valence-corrected chi connectivity index (χ4v) is 4.26. The maximum absolute atomic E-state index is 14.0. The topological polar surface area (TPSA) is 55.1 Å². The van der Waals surface area contributed by atoms with Crippen molar-refractivity contribution in [1.29, 1.82) is 0 Å². The molecule has 3 nitrogen and oxygen atoms in total. The van der Waals surface area contributed by atoms with Gasteiger partial charge in [0.2, 0.25) is 5.91 Å². The van der Waals surface area contributed by atoms with E-state index in [4.69, 9.17) is 5.73 Å². The Balaban J connectivity index is 1.65. The number of halogens is 1. The number of benzene rings is 1. The van der Waals surface area contributed by atoms with Gasteiger partial charge in [0.1, 0.15) is 5.82 Å². The van der Waals surface area contributed by atoms with Crippen molar-refractivity contribution in [2.75, 3.05) is 6.54 Å². The van der Waals surface area contributed by atoms with Crippen LogP contribution < -0.4 is 11.1 Å². The first-order chi connectivity index (χ1) is 10.4. The number of amides is 1. The predicted molar refractivity (Wildman–Crippen MR) is 84.7 cm³/mol. The van der Waals surface area contributed by atoms with Gasteiger partial charge in [-0.15, -0.1) is 0 Å². The predicted octanol–water partition coefficient (Wildman–Crippen LogP) is 2.59. The summed E-state index contributed by atoms with van der Waals surface area (Å²) in [4.78, 5) is 12.5. The van der Waals surface area contributed by atoms with Crippen LogP contribution in [0.25, 0.3) is 0 Å². The minimum Gasteiger partial charge on any atom is -0.355 e. The van der Waals surface area contributed by atoms with Crippen LogP contribution in [0.4, 0.5) is 4.39 Å². The van der Waals surface area contributed by atoms with Gasteiger partial charge in [-0.05, 0) is 42.7 Å². The lowest BCUT2D eigenvalue weighted by atomic mass is 9.82. The Morgan fingerprint density at radius 2 is 2.00 bits per heavy atom. The van der Waals surface area contributed by atoms with Crippen molar-refractivity contribution >= 4 is 5.91 Å². The summed E-state index contributed by atoms with van der Waals surface area (Å²) in [5.41, 5.74) is 6.41. The molecule has 0 aromatic heterocycles. The molecule has 2 fully saturated rings. The quantitative estimate of drug-likeness (QED) is 0.898. The fraction of sp³-hybridized carbons (Fsp3) is 0.611. The van der Waals surface area contributed by atoms with Crippen LogP contribution in [-0.4, -0.2) is 18.5 Å². The summed E-state index contributed by atoms with van der Waals surface area (Å²) in [6.45, 7) is 4.33. The molecule has 3 rings (SSSR count). The van der Waals surface area contributed by atoms with E-state index in [-0.39, 0.29) is 23.7 Å².